The summed E-state index contributed by atoms with van der Waals surface area (Å²) in [5.41, 5.74) is 1.49. The molecule has 0 amide bonds. The highest BCUT2D eigenvalue weighted by atomic mass is 16.5. The molecule has 2 saturated heterocycles. The van der Waals surface area contributed by atoms with Crippen LogP contribution in [0.5, 0.6) is 0 Å². The lowest BCUT2D eigenvalue weighted by Crippen LogP contribution is -2.41. The standard InChI is InChI=1S/C15H23N3O/c1-11-10-14(17-13(3)16-11)18-7-4-15(12(18)2)5-8-19-9-6-15/h10,12H,4-9H2,1-3H3/t12-/m0/s1. The highest BCUT2D eigenvalue weighted by Crippen LogP contribution is 2.45. The lowest BCUT2D eigenvalue weighted by Gasteiger charge is -2.39. The fourth-order valence-corrected chi connectivity index (χ4v) is 3.68. The third kappa shape index (κ3) is 2.22. The van der Waals surface area contributed by atoms with Crippen LogP contribution >= 0.6 is 0 Å². The Morgan fingerprint density at radius 2 is 1.95 bits per heavy atom. The van der Waals surface area contributed by atoms with Crippen molar-refractivity contribution in [3.8, 4) is 0 Å². The van der Waals surface area contributed by atoms with Crippen molar-refractivity contribution in [3.63, 3.8) is 0 Å². The van der Waals surface area contributed by atoms with E-state index in [-0.39, 0.29) is 0 Å². The maximum absolute atomic E-state index is 5.54. The summed E-state index contributed by atoms with van der Waals surface area (Å²) >= 11 is 0. The third-order valence-electron chi connectivity index (χ3n) is 4.94. The number of nitrogens with zero attached hydrogens (tertiary/aromatic N) is 3. The highest BCUT2D eigenvalue weighted by Gasteiger charge is 2.45. The van der Waals surface area contributed by atoms with Crippen molar-refractivity contribution in [1.29, 1.82) is 0 Å². The zero-order valence-electron chi connectivity index (χ0n) is 12.1. The summed E-state index contributed by atoms with van der Waals surface area (Å²) in [4.78, 5) is 11.5. The first-order valence-corrected chi connectivity index (χ1v) is 7.27. The first kappa shape index (κ1) is 12.9. The molecule has 3 heterocycles. The summed E-state index contributed by atoms with van der Waals surface area (Å²) in [6, 6.07) is 2.66. The Labute approximate surface area is 115 Å². The largest absolute Gasteiger partial charge is 0.381 e. The molecule has 1 spiro atoms. The molecule has 2 aliphatic heterocycles. The summed E-state index contributed by atoms with van der Waals surface area (Å²) in [6.45, 7) is 9.31. The van der Waals surface area contributed by atoms with Crippen LogP contribution < -0.4 is 4.90 Å². The third-order valence-corrected chi connectivity index (χ3v) is 4.94. The van der Waals surface area contributed by atoms with Crippen molar-refractivity contribution in [3.05, 3.63) is 17.6 Å². The molecule has 4 nitrogen and oxygen atoms in total. The number of ether oxygens (including phenoxy) is 1. The molecule has 0 aromatic carbocycles. The molecule has 0 bridgehead atoms. The number of aryl methyl sites for hydroxylation is 2. The second kappa shape index (κ2) is 4.75. The summed E-state index contributed by atoms with van der Waals surface area (Å²) in [5, 5.41) is 0. The van der Waals surface area contributed by atoms with E-state index in [1.54, 1.807) is 0 Å². The van der Waals surface area contributed by atoms with Crippen molar-refractivity contribution >= 4 is 5.82 Å². The van der Waals surface area contributed by atoms with Gasteiger partial charge >= 0.3 is 0 Å². The second-order valence-electron chi connectivity index (χ2n) is 6.01. The van der Waals surface area contributed by atoms with Gasteiger partial charge in [-0.1, -0.05) is 0 Å². The van der Waals surface area contributed by atoms with Gasteiger partial charge in [-0.05, 0) is 45.4 Å². The van der Waals surface area contributed by atoms with Crippen LogP contribution in [0.4, 0.5) is 5.82 Å². The Morgan fingerprint density at radius 1 is 1.21 bits per heavy atom. The Balaban J connectivity index is 1.86. The van der Waals surface area contributed by atoms with Gasteiger partial charge < -0.3 is 9.64 Å². The van der Waals surface area contributed by atoms with E-state index in [4.69, 9.17) is 4.74 Å². The van der Waals surface area contributed by atoms with Crippen LogP contribution in [-0.4, -0.2) is 35.8 Å². The van der Waals surface area contributed by atoms with Gasteiger partial charge in [0, 0.05) is 37.6 Å². The Hall–Kier alpha value is -1.16. The molecule has 1 aromatic rings. The van der Waals surface area contributed by atoms with Gasteiger partial charge in [-0.3, -0.25) is 0 Å². The maximum Gasteiger partial charge on any atom is 0.132 e. The normalized spacial score (nSPS) is 26.1. The minimum atomic E-state index is 0.436. The van der Waals surface area contributed by atoms with Crippen LogP contribution in [0.15, 0.2) is 6.07 Å². The lowest BCUT2D eigenvalue weighted by atomic mass is 9.74. The molecule has 2 aliphatic rings. The van der Waals surface area contributed by atoms with Gasteiger partial charge in [0.15, 0.2) is 0 Å². The zero-order chi connectivity index (χ0) is 13.5. The van der Waals surface area contributed by atoms with Crippen LogP contribution in [0.2, 0.25) is 0 Å². The van der Waals surface area contributed by atoms with E-state index in [2.05, 4.69) is 27.9 Å². The van der Waals surface area contributed by atoms with Crippen molar-refractivity contribution in [2.24, 2.45) is 5.41 Å². The van der Waals surface area contributed by atoms with Gasteiger partial charge in [0.05, 0.1) is 0 Å². The van der Waals surface area contributed by atoms with Gasteiger partial charge in [0.25, 0.3) is 0 Å². The molecule has 2 fully saturated rings. The van der Waals surface area contributed by atoms with Crippen molar-refractivity contribution in [1.82, 2.24) is 9.97 Å². The zero-order valence-corrected chi connectivity index (χ0v) is 12.1. The van der Waals surface area contributed by atoms with Crippen LogP contribution in [-0.2, 0) is 4.74 Å². The van der Waals surface area contributed by atoms with E-state index in [1.807, 2.05) is 13.8 Å². The predicted octanol–water partition coefficient (Wildman–Crippen LogP) is 2.49. The summed E-state index contributed by atoms with van der Waals surface area (Å²) in [6.07, 6.45) is 3.64. The second-order valence-corrected chi connectivity index (χ2v) is 6.01. The van der Waals surface area contributed by atoms with E-state index in [1.165, 1.54) is 19.3 Å². The van der Waals surface area contributed by atoms with Gasteiger partial charge in [-0.2, -0.15) is 0 Å². The Bertz CT molecular complexity index is 448. The SMILES string of the molecule is Cc1cc(N2CCC3(CCOCC3)[C@@H]2C)nc(C)n1. The first-order chi connectivity index (χ1) is 9.11. The lowest BCUT2D eigenvalue weighted by molar-refractivity contribution is 0.0128. The molecule has 3 rings (SSSR count). The van der Waals surface area contributed by atoms with Crippen LogP contribution in [0, 0.1) is 19.3 Å². The van der Waals surface area contributed by atoms with E-state index < -0.39 is 0 Å². The quantitative estimate of drug-likeness (QED) is 0.778. The molecule has 1 atom stereocenters. The van der Waals surface area contributed by atoms with Crippen LogP contribution in [0.25, 0.3) is 0 Å². The number of hydrogen-bond donors (Lipinski definition) is 0. The maximum atomic E-state index is 5.54. The van der Waals surface area contributed by atoms with E-state index in [9.17, 15) is 0 Å². The average Bonchev–Trinajstić information content (AvgIpc) is 2.67. The van der Waals surface area contributed by atoms with Crippen molar-refractivity contribution in [2.75, 3.05) is 24.7 Å². The van der Waals surface area contributed by atoms with E-state index >= 15 is 0 Å². The summed E-state index contributed by atoms with van der Waals surface area (Å²) in [7, 11) is 0. The molecule has 0 aliphatic carbocycles. The summed E-state index contributed by atoms with van der Waals surface area (Å²) < 4.78 is 5.54. The van der Waals surface area contributed by atoms with Crippen LogP contribution in [0.1, 0.15) is 37.7 Å². The van der Waals surface area contributed by atoms with Gasteiger partial charge in [0.2, 0.25) is 0 Å². The monoisotopic (exact) mass is 261 g/mol. The molecule has 4 heteroatoms. The van der Waals surface area contributed by atoms with Gasteiger partial charge in [-0.15, -0.1) is 0 Å². The number of anilines is 1. The number of rotatable bonds is 1. The number of hydrogen-bond acceptors (Lipinski definition) is 4. The Morgan fingerprint density at radius 3 is 2.63 bits per heavy atom. The van der Waals surface area contributed by atoms with Gasteiger partial charge in [0.1, 0.15) is 11.6 Å². The topological polar surface area (TPSA) is 38.2 Å². The summed E-state index contributed by atoms with van der Waals surface area (Å²) in [5.74, 6) is 1.97. The minimum Gasteiger partial charge on any atom is -0.381 e. The molecule has 1 aromatic heterocycles. The highest BCUT2D eigenvalue weighted by molar-refractivity contribution is 5.43. The molecule has 104 valence electrons. The molecule has 0 N–H and O–H groups in total. The number of aromatic nitrogens is 2. The van der Waals surface area contributed by atoms with Gasteiger partial charge in [-0.25, -0.2) is 9.97 Å². The molecular formula is C15H23N3O. The fraction of sp³-hybridized carbons (Fsp3) is 0.733. The molecular weight excluding hydrogens is 238 g/mol. The fourth-order valence-electron chi connectivity index (χ4n) is 3.68. The minimum absolute atomic E-state index is 0.436. The predicted molar refractivity (Wildman–Crippen MR) is 75.4 cm³/mol. The molecule has 0 unspecified atom stereocenters. The first-order valence-electron chi connectivity index (χ1n) is 7.27. The average molecular weight is 261 g/mol. The van der Waals surface area contributed by atoms with Crippen molar-refractivity contribution in [2.45, 2.75) is 46.1 Å². The molecule has 0 radical (unpaired) electrons. The van der Waals surface area contributed by atoms with E-state index in [0.29, 0.717) is 11.5 Å². The molecule has 0 saturated carbocycles. The smallest absolute Gasteiger partial charge is 0.132 e. The molecule has 19 heavy (non-hydrogen) atoms. The van der Waals surface area contributed by atoms with E-state index in [0.717, 1.165) is 37.1 Å². The van der Waals surface area contributed by atoms with Crippen molar-refractivity contribution < 1.29 is 4.74 Å². The Kier molecular flexibility index (Phi) is 3.21. The van der Waals surface area contributed by atoms with Crippen LogP contribution in [0.3, 0.4) is 0 Å².